The molecule has 1 saturated heterocycles. The van der Waals surface area contributed by atoms with Crippen LogP contribution in [0.25, 0.3) is 0 Å². The Balaban J connectivity index is 2.04. The summed E-state index contributed by atoms with van der Waals surface area (Å²) >= 11 is 0. The Kier molecular flexibility index (Phi) is 3.91. The summed E-state index contributed by atoms with van der Waals surface area (Å²) in [7, 11) is 1.60. The van der Waals surface area contributed by atoms with Crippen molar-refractivity contribution in [3.8, 4) is 5.75 Å². The molecule has 1 aromatic rings. The molecule has 1 aliphatic rings. The number of ether oxygens (including phenoxy) is 1. The first-order chi connectivity index (χ1) is 8.22. The van der Waals surface area contributed by atoms with Gasteiger partial charge in [-0.25, -0.2) is 4.39 Å². The Labute approximate surface area is 100 Å². The Hall–Kier alpha value is -1.20. The molecule has 1 fully saturated rings. The van der Waals surface area contributed by atoms with E-state index >= 15 is 0 Å². The molecule has 1 aliphatic heterocycles. The molecule has 1 aromatic heterocycles. The van der Waals surface area contributed by atoms with Crippen molar-refractivity contribution in [1.82, 2.24) is 9.88 Å². The van der Waals surface area contributed by atoms with E-state index in [9.17, 15) is 9.50 Å². The summed E-state index contributed by atoms with van der Waals surface area (Å²) in [6, 6.07) is 3.51. The smallest absolute Gasteiger partial charge is 0.122 e. The molecule has 0 saturated carbocycles. The highest BCUT2D eigenvalue weighted by Gasteiger charge is 2.31. The standard InChI is InChI=1S/C12H17FN2O2/c1-17-12-2-3-14-10(5-12)7-15-6-9(13)4-11(15)8-16/h2-3,5,9,11,16H,4,6-8H2,1H3/t9-,11-/m0/s1. The Morgan fingerprint density at radius 1 is 1.65 bits per heavy atom. The van der Waals surface area contributed by atoms with Crippen molar-refractivity contribution in [3.63, 3.8) is 0 Å². The number of pyridine rings is 1. The van der Waals surface area contributed by atoms with Crippen LogP contribution in [0.1, 0.15) is 12.1 Å². The molecule has 17 heavy (non-hydrogen) atoms. The Morgan fingerprint density at radius 3 is 3.18 bits per heavy atom. The van der Waals surface area contributed by atoms with Crippen molar-refractivity contribution >= 4 is 0 Å². The highest BCUT2D eigenvalue weighted by atomic mass is 19.1. The van der Waals surface area contributed by atoms with E-state index < -0.39 is 6.17 Å². The monoisotopic (exact) mass is 240 g/mol. The van der Waals surface area contributed by atoms with Crippen LogP contribution in [0.5, 0.6) is 5.75 Å². The van der Waals surface area contributed by atoms with Crippen LogP contribution in [-0.4, -0.2) is 47.5 Å². The number of nitrogens with zero attached hydrogens (tertiary/aromatic N) is 2. The molecule has 94 valence electrons. The van der Waals surface area contributed by atoms with Crippen LogP contribution in [0.4, 0.5) is 4.39 Å². The van der Waals surface area contributed by atoms with Gasteiger partial charge in [0.25, 0.3) is 0 Å². The molecule has 2 rings (SSSR count). The minimum Gasteiger partial charge on any atom is -0.497 e. The fourth-order valence-corrected chi connectivity index (χ4v) is 2.18. The van der Waals surface area contributed by atoms with Crippen LogP contribution in [0.3, 0.4) is 0 Å². The summed E-state index contributed by atoms with van der Waals surface area (Å²) in [5.74, 6) is 0.742. The van der Waals surface area contributed by atoms with E-state index in [-0.39, 0.29) is 12.6 Å². The van der Waals surface area contributed by atoms with Gasteiger partial charge in [-0.1, -0.05) is 0 Å². The van der Waals surface area contributed by atoms with Gasteiger partial charge in [-0.15, -0.1) is 0 Å². The van der Waals surface area contributed by atoms with Crippen molar-refractivity contribution in [2.45, 2.75) is 25.2 Å². The van der Waals surface area contributed by atoms with Crippen LogP contribution in [-0.2, 0) is 6.54 Å². The molecule has 0 bridgehead atoms. The number of aliphatic hydroxyl groups excluding tert-OH is 1. The number of likely N-dealkylation sites (tertiary alicyclic amines) is 1. The zero-order valence-electron chi connectivity index (χ0n) is 9.84. The molecule has 0 spiro atoms. The maximum Gasteiger partial charge on any atom is 0.122 e. The largest absolute Gasteiger partial charge is 0.497 e. The molecule has 5 heteroatoms. The predicted octanol–water partition coefficient (Wildman–Crippen LogP) is 0.995. The van der Waals surface area contributed by atoms with Crippen LogP contribution in [0.15, 0.2) is 18.3 Å². The van der Waals surface area contributed by atoms with Crippen LogP contribution < -0.4 is 4.74 Å². The zero-order valence-corrected chi connectivity index (χ0v) is 9.84. The number of aliphatic hydroxyl groups is 1. The first kappa shape index (κ1) is 12.3. The number of halogens is 1. The average molecular weight is 240 g/mol. The number of aromatic nitrogens is 1. The summed E-state index contributed by atoms with van der Waals surface area (Å²) in [5, 5.41) is 9.18. The third kappa shape index (κ3) is 2.92. The molecule has 0 amide bonds. The number of methoxy groups -OCH3 is 1. The van der Waals surface area contributed by atoms with E-state index in [1.54, 1.807) is 19.4 Å². The second-order valence-electron chi connectivity index (χ2n) is 4.29. The lowest BCUT2D eigenvalue weighted by Crippen LogP contribution is -2.32. The summed E-state index contributed by atoms with van der Waals surface area (Å²) in [6.45, 7) is 0.900. The van der Waals surface area contributed by atoms with E-state index in [0.717, 1.165) is 11.4 Å². The number of rotatable bonds is 4. The van der Waals surface area contributed by atoms with Gasteiger partial charge in [-0.3, -0.25) is 9.88 Å². The van der Waals surface area contributed by atoms with E-state index in [2.05, 4.69) is 4.98 Å². The molecule has 0 aromatic carbocycles. The minimum absolute atomic E-state index is 0.00954. The Morgan fingerprint density at radius 2 is 2.47 bits per heavy atom. The van der Waals surface area contributed by atoms with E-state index in [4.69, 9.17) is 4.74 Å². The second kappa shape index (κ2) is 5.42. The summed E-state index contributed by atoms with van der Waals surface area (Å²) in [5.41, 5.74) is 0.830. The molecule has 2 heterocycles. The third-order valence-electron chi connectivity index (χ3n) is 3.08. The van der Waals surface area contributed by atoms with Crippen LogP contribution >= 0.6 is 0 Å². The van der Waals surface area contributed by atoms with E-state index in [0.29, 0.717) is 19.5 Å². The molecular formula is C12H17FN2O2. The zero-order chi connectivity index (χ0) is 12.3. The second-order valence-corrected chi connectivity index (χ2v) is 4.29. The molecule has 0 aliphatic carbocycles. The van der Waals surface area contributed by atoms with Gasteiger partial charge in [0, 0.05) is 31.4 Å². The summed E-state index contributed by atoms with van der Waals surface area (Å²) in [4.78, 5) is 6.14. The number of hydrogen-bond acceptors (Lipinski definition) is 4. The lowest BCUT2D eigenvalue weighted by Gasteiger charge is -2.21. The van der Waals surface area contributed by atoms with Gasteiger partial charge in [0.1, 0.15) is 11.9 Å². The fourth-order valence-electron chi connectivity index (χ4n) is 2.18. The van der Waals surface area contributed by atoms with Crippen molar-refractivity contribution in [2.24, 2.45) is 0 Å². The van der Waals surface area contributed by atoms with Crippen molar-refractivity contribution in [3.05, 3.63) is 24.0 Å². The number of hydrogen-bond donors (Lipinski definition) is 1. The quantitative estimate of drug-likeness (QED) is 0.852. The maximum atomic E-state index is 13.3. The van der Waals surface area contributed by atoms with E-state index in [1.807, 2.05) is 11.0 Å². The van der Waals surface area contributed by atoms with Gasteiger partial charge in [0.2, 0.25) is 0 Å². The van der Waals surface area contributed by atoms with Crippen molar-refractivity contribution < 1.29 is 14.2 Å². The molecule has 0 unspecified atom stereocenters. The topological polar surface area (TPSA) is 45.6 Å². The minimum atomic E-state index is -0.849. The first-order valence-corrected chi connectivity index (χ1v) is 5.71. The molecule has 1 N–H and O–H groups in total. The van der Waals surface area contributed by atoms with Crippen molar-refractivity contribution in [2.75, 3.05) is 20.3 Å². The highest BCUT2D eigenvalue weighted by Crippen LogP contribution is 2.22. The predicted molar refractivity (Wildman–Crippen MR) is 61.6 cm³/mol. The molecular weight excluding hydrogens is 223 g/mol. The van der Waals surface area contributed by atoms with Crippen molar-refractivity contribution in [1.29, 1.82) is 0 Å². The van der Waals surface area contributed by atoms with Gasteiger partial charge in [-0.2, -0.15) is 0 Å². The van der Waals surface area contributed by atoms with Crippen LogP contribution in [0, 0.1) is 0 Å². The average Bonchev–Trinajstić information content (AvgIpc) is 2.69. The highest BCUT2D eigenvalue weighted by molar-refractivity contribution is 5.22. The lowest BCUT2D eigenvalue weighted by molar-refractivity contribution is 0.152. The van der Waals surface area contributed by atoms with Gasteiger partial charge in [0.15, 0.2) is 0 Å². The first-order valence-electron chi connectivity index (χ1n) is 5.71. The summed E-state index contributed by atoms with van der Waals surface area (Å²) in [6.07, 6.45) is 1.23. The summed E-state index contributed by atoms with van der Waals surface area (Å²) < 4.78 is 18.4. The SMILES string of the molecule is COc1ccnc(CN2C[C@@H](F)C[C@H]2CO)c1. The van der Waals surface area contributed by atoms with Crippen LogP contribution in [0.2, 0.25) is 0 Å². The molecule has 0 radical (unpaired) electrons. The van der Waals surface area contributed by atoms with Gasteiger partial charge in [0.05, 0.1) is 19.4 Å². The number of alkyl halides is 1. The van der Waals surface area contributed by atoms with Gasteiger partial charge in [-0.05, 0) is 12.5 Å². The Bertz CT molecular complexity index is 375. The molecule has 2 atom stereocenters. The van der Waals surface area contributed by atoms with Gasteiger partial charge >= 0.3 is 0 Å². The molecule has 4 nitrogen and oxygen atoms in total. The third-order valence-corrected chi connectivity index (χ3v) is 3.08. The normalized spacial score (nSPS) is 25.1. The lowest BCUT2D eigenvalue weighted by atomic mass is 10.2. The van der Waals surface area contributed by atoms with Gasteiger partial charge < -0.3 is 9.84 Å². The fraction of sp³-hybridized carbons (Fsp3) is 0.583. The maximum absolute atomic E-state index is 13.3. The van der Waals surface area contributed by atoms with E-state index in [1.165, 1.54) is 0 Å².